The van der Waals surface area contributed by atoms with Crippen LogP contribution >= 0.6 is 0 Å². The Kier molecular flexibility index (Phi) is 3.53. The van der Waals surface area contributed by atoms with Gasteiger partial charge in [0.2, 0.25) is 0 Å². The molecule has 0 atom stereocenters. The van der Waals surface area contributed by atoms with Crippen molar-refractivity contribution < 1.29 is 4.39 Å². The van der Waals surface area contributed by atoms with Gasteiger partial charge in [0.15, 0.2) is 0 Å². The van der Waals surface area contributed by atoms with Crippen molar-refractivity contribution in [3.05, 3.63) is 77.7 Å². The highest BCUT2D eigenvalue weighted by molar-refractivity contribution is 5.72. The average Bonchev–Trinajstić information content (AvgIpc) is 2.51. The molecular formula is C19H16FN. The molecule has 0 spiro atoms. The molecule has 0 amide bonds. The fourth-order valence-electron chi connectivity index (χ4n) is 2.31. The molecule has 2 heteroatoms. The molecule has 3 rings (SSSR count). The van der Waals surface area contributed by atoms with Crippen molar-refractivity contribution in [2.45, 2.75) is 13.8 Å². The molecule has 0 saturated heterocycles. The third-order valence-corrected chi connectivity index (χ3v) is 3.72. The van der Waals surface area contributed by atoms with Crippen LogP contribution in [-0.4, -0.2) is 4.98 Å². The second-order valence-corrected chi connectivity index (χ2v) is 5.21. The van der Waals surface area contributed by atoms with E-state index in [0.717, 1.165) is 22.4 Å². The number of pyridine rings is 1. The molecule has 3 aromatic rings. The van der Waals surface area contributed by atoms with E-state index in [2.05, 4.69) is 11.9 Å². The Labute approximate surface area is 124 Å². The van der Waals surface area contributed by atoms with Crippen LogP contribution < -0.4 is 0 Å². The van der Waals surface area contributed by atoms with Crippen molar-refractivity contribution in [1.29, 1.82) is 0 Å². The van der Waals surface area contributed by atoms with Crippen LogP contribution in [0, 0.1) is 19.7 Å². The third kappa shape index (κ3) is 2.70. The lowest BCUT2D eigenvalue weighted by molar-refractivity contribution is 0.631. The SMILES string of the molecule is Cc1cnc(-c2ccc(F)c(-c3ccccc3)c2)cc1C. The molecule has 0 unspecified atom stereocenters. The maximum absolute atomic E-state index is 14.1. The first-order valence-corrected chi connectivity index (χ1v) is 6.94. The van der Waals surface area contributed by atoms with Crippen molar-refractivity contribution in [2.75, 3.05) is 0 Å². The van der Waals surface area contributed by atoms with Gasteiger partial charge in [-0.15, -0.1) is 0 Å². The Balaban J connectivity index is 2.11. The van der Waals surface area contributed by atoms with Gasteiger partial charge in [-0.2, -0.15) is 0 Å². The van der Waals surface area contributed by atoms with Gasteiger partial charge >= 0.3 is 0 Å². The molecule has 0 radical (unpaired) electrons. The van der Waals surface area contributed by atoms with Gasteiger partial charge in [-0.05, 0) is 54.8 Å². The van der Waals surface area contributed by atoms with Gasteiger partial charge in [-0.1, -0.05) is 30.3 Å². The van der Waals surface area contributed by atoms with Crippen molar-refractivity contribution in [3.63, 3.8) is 0 Å². The number of hydrogen-bond donors (Lipinski definition) is 0. The molecule has 0 saturated carbocycles. The molecule has 2 aromatic carbocycles. The summed E-state index contributed by atoms with van der Waals surface area (Å²) in [5, 5.41) is 0. The Morgan fingerprint density at radius 2 is 1.57 bits per heavy atom. The summed E-state index contributed by atoms with van der Waals surface area (Å²) in [7, 11) is 0. The van der Waals surface area contributed by atoms with E-state index in [4.69, 9.17) is 0 Å². The maximum atomic E-state index is 14.1. The van der Waals surface area contributed by atoms with Gasteiger partial charge in [0.1, 0.15) is 5.82 Å². The van der Waals surface area contributed by atoms with Gasteiger partial charge in [-0.3, -0.25) is 4.98 Å². The van der Waals surface area contributed by atoms with Crippen molar-refractivity contribution in [3.8, 4) is 22.4 Å². The first kappa shape index (κ1) is 13.5. The highest BCUT2D eigenvalue weighted by atomic mass is 19.1. The highest BCUT2D eigenvalue weighted by Crippen LogP contribution is 2.28. The summed E-state index contributed by atoms with van der Waals surface area (Å²) in [5.74, 6) is -0.214. The van der Waals surface area contributed by atoms with Gasteiger partial charge in [-0.25, -0.2) is 4.39 Å². The summed E-state index contributed by atoms with van der Waals surface area (Å²) in [4.78, 5) is 4.45. The number of benzene rings is 2. The number of aromatic nitrogens is 1. The summed E-state index contributed by atoms with van der Waals surface area (Å²) in [6.45, 7) is 4.09. The minimum Gasteiger partial charge on any atom is -0.256 e. The first-order chi connectivity index (χ1) is 10.1. The summed E-state index contributed by atoms with van der Waals surface area (Å²) < 4.78 is 14.1. The molecule has 0 aliphatic rings. The summed E-state index contributed by atoms with van der Waals surface area (Å²) in [6, 6.07) is 16.8. The Morgan fingerprint density at radius 1 is 0.810 bits per heavy atom. The van der Waals surface area contributed by atoms with Crippen LogP contribution in [0.3, 0.4) is 0 Å². The van der Waals surface area contributed by atoms with E-state index in [1.54, 1.807) is 6.07 Å². The molecule has 104 valence electrons. The molecule has 0 N–H and O–H groups in total. The van der Waals surface area contributed by atoms with E-state index in [0.29, 0.717) is 5.56 Å². The zero-order valence-corrected chi connectivity index (χ0v) is 12.1. The van der Waals surface area contributed by atoms with Crippen molar-refractivity contribution in [1.82, 2.24) is 4.98 Å². The van der Waals surface area contributed by atoms with Crippen LogP contribution in [0.5, 0.6) is 0 Å². The molecule has 1 aromatic heterocycles. The smallest absolute Gasteiger partial charge is 0.131 e. The second kappa shape index (κ2) is 5.49. The molecule has 0 fully saturated rings. The summed E-state index contributed by atoms with van der Waals surface area (Å²) in [5.41, 5.74) is 5.62. The fraction of sp³-hybridized carbons (Fsp3) is 0.105. The Hall–Kier alpha value is -2.48. The fourth-order valence-corrected chi connectivity index (χ4v) is 2.31. The van der Waals surface area contributed by atoms with Gasteiger partial charge in [0, 0.05) is 17.3 Å². The molecule has 0 bridgehead atoms. The quantitative estimate of drug-likeness (QED) is 0.629. The minimum atomic E-state index is -0.214. The number of nitrogens with zero attached hydrogens (tertiary/aromatic N) is 1. The predicted molar refractivity (Wildman–Crippen MR) is 84.5 cm³/mol. The largest absolute Gasteiger partial charge is 0.256 e. The zero-order chi connectivity index (χ0) is 14.8. The van der Waals surface area contributed by atoms with Crippen LogP contribution in [-0.2, 0) is 0 Å². The second-order valence-electron chi connectivity index (χ2n) is 5.21. The third-order valence-electron chi connectivity index (χ3n) is 3.72. The molecule has 0 aliphatic carbocycles. The van der Waals surface area contributed by atoms with Gasteiger partial charge < -0.3 is 0 Å². The van der Waals surface area contributed by atoms with E-state index in [9.17, 15) is 4.39 Å². The van der Waals surface area contributed by atoms with Crippen LogP contribution in [0.1, 0.15) is 11.1 Å². The number of hydrogen-bond acceptors (Lipinski definition) is 1. The van der Waals surface area contributed by atoms with Crippen molar-refractivity contribution >= 4 is 0 Å². The number of halogens is 1. The molecule has 0 aliphatic heterocycles. The van der Waals surface area contributed by atoms with E-state index in [-0.39, 0.29) is 5.82 Å². The lowest BCUT2D eigenvalue weighted by Gasteiger charge is -2.08. The lowest BCUT2D eigenvalue weighted by Crippen LogP contribution is -1.91. The Bertz CT molecular complexity index is 779. The molecule has 1 nitrogen and oxygen atoms in total. The minimum absolute atomic E-state index is 0.214. The van der Waals surface area contributed by atoms with E-state index in [1.165, 1.54) is 11.6 Å². The topological polar surface area (TPSA) is 12.9 Å². The Morgan fingerprint density at radius 3 is 2.29 bits per heavy atom. The number of aryl methyl sites for hydroxylation is 2. The monoisotopic (exact) mass is 277 g/mol. The number of rotatable bonds is 2. The van der Waals surface area contributed by atoms with Crippen LogP contribution in [0.25, 0.3) is 22.4 Å². The lowest BCUT2D eigenvalue weighted by atomic mass is 10.00. The van der Waals surface area contributed by atoms with Gasteiger partial charge in [0.25, 0.3) is 0 Å². The molecular weight excluding hydrogens is 261 g/mol. The van der Waals surface area contributed by atoms with E-state index < -0.39 is 0 Å². The highest BCUT2D eigenvalue weighted by Gasteiger charge is 2.08. The van der Waals surface area contributed by atoms with Crippen molar-refractivity contribution in [2.24, 2.45) is 0 Å². The molecule has 21 heavy (non-hydrogen) atoms. The first-order valence-electron chi connectivity index (χ1n) is 6.94. The summed E-state index contributed by atoms with van der Waals surface area (Å²) in [6.07, 6.45) is 1.86. The van der Waals surface area contributed by atoms with Crippen LogP contribution in [0.4, 0.5) is 4.39 Å². The summed E-state index contributed by atoms with van der Waals surface area (Å²) >= 11 is 0. The normalized spacial score (nSPS) is 10.6. The van der Waals surface area contributed by atoms with E-state index >= 15 is 0 Å². The average molecular weight is 277 g/mol. The van der Waals surface area contributed by atoms with Crippen LogP contribution in [0.2, 0.25) is 0 Å². The van der Waals surface area contributed by atoms with Crippen LogP contribution in [0.15, 0.2) is 60.8 Å². The zero-order valence-electron chi connectivity index (χ0n) is 12.1. The predicted octanol–water partition coefficient (Wildman–Crippen LogP) is 5.17. The maximum Gasteiger partial charge on any atom is 0.131 e. The van der Waals surface area contributed by atoms with E-state index in [1.807, 2.05) is 55.6 Å². The molecule has 1 heterocycles. The standard InChI is InChI=1S/C19H16FN/c1-13-10-19(21-12-14(13)2)16-8-9-18(20)17(11-16)15-6-4-3-5-7-15/h3-12H,1-2H3. The van der Waals surface area contributed by atoms with Gasteiger partial charge in [0.05, 0.1) is 5.69 Å².